The SMILES string of the molecule is O=C(O)c1cccc(Br)c1OBr.[Al]. The molecule has 67 valence electrons. The zero-order valence-electron chi connectivity index (χ0n) is 6.33. The van der Waals surface area contributed by atoms with Gasteiger partial charge in [0.1, 0.15) is 5.56 Å². The molecule has 1 N–H and O–H groups in total. The quantitative estimate of drug-likeness (QED) is 0.851. The Hall–Kier alpha value is -0.0175. The van der Waals surface area contributed by atoms with Crippen molar-refractivity contribution in [2.24, 2.45) is 0 Å². The Labute approximate surface area is 103 Å². The maximum Gasteiger partial charge on any atom is 0.339 e. The number of carbonyl (C=O) groups is 1. The number of halogens is 2. The van der Waals surface area contributed by atoms with Crippen LogP contribution in [0.4, 0.5) is 0 Å². The van der Waals surface area contributed by atoms with Gasteiger partial charge in [0.25, 0.3) is 0 Å². The normalized spacial score (nSPS) is 8.77. The van der Waals surface area contributed by atoms with Gasteiger partial charge in [0.15, 0.2) is 22.0 Å². The minimum atomic E-state index is -1.02. The van der Waals surface area contributed by atoms with Crippen molar-refractivity contribution < 1.29 is 13.7 Å². The summed E-state index contributed by atoms with van der Waals surface area (Å²) in [5.74, 6) is -0.754. The highest BCUT2D eigenvalue weighted by Gasteiger charge is 2.13. The van der Waals surface area contributed by atoms with Crippen molar-refractivity contribution >= 4 is 55.5 Å². The minimum absolute atomic E-state index is 0. The molecule has 3 radical (unpaired) electrons. The predicted octanol–water partition coefficient (Wildman–Crippen LogP) is 2.46. The molecule has 1 aromatic carbocycles. The molecule has 1 rings (SSSR count). The van der Waals surface area contributed by atoms with Gasteiger partial charge in [0.05, 0.1) is 4.47 Å². The number of hydrogen-bond donors (Lipinski definition) is 1. The molecule has 0 heterocycles. The highest BCUT2D eigenvalue weighted by molar-refractivity contribution is 9.10. The van der Waals surface area contributed by atoms with Crippen LogP contribution < -0.4 is 3.83 Å². The Morgan fingerprint density at radius 3 is 2.46 bits per heavy atom. The second-order valence-electron chi connectivity index (χ2n) is 2.00. The topological polar surface area (TPSA) is 46.5 Å². The van der Waals surface area contributed by atoms with Gasteiger partial charge in [-0.2, -0.15) is 0 Å². The van der Waals surface area contributed by atoms with E-state index in [1.807, 2.05) is 0 Å². The molecule has 0 amide bonds. The maximum absolute atomic E-state index is 10.6. The zero-order valence-corrected chi connectivity index (χ0v) is 10.7. The Balaban J connectivity index is 0.00000144. The molecule has 0 aliphatic heterocycles. The van der Waals surface area contributed by atoms with Gasteiger partial charge in [-0.25, -0.2) is 4.79 Å². The third-order valence-corrected chi connectivity index (χ3v) is 2.22. The van der Waals surface area contributed by atoms with E-state index in [-0.39, 0.29) is 28.7 Å². The lowest BCUT2D eigenvalue weighted by atomic mass is 10.2. The van der Waals surface area contributed by atoms with Crippen LogP contribution in [-0.4, -0.2) is 28.4 Å². The average molecular weight is 323 g/mol. The maximum atomic E-state index is 10.6. The largest absolute Gasteiger partial charge is 0.478 e. The molecule has 0 spiro atoms. The van der Waals surface area contributed by atoms with Gasteiger partial charge in [-0.3, -0.25) is 0 Å². The van der Waals surface area contributed by atoms with Crippen LogP contribution in [0.3, 0.4) is 0 Å². The van der Waals surface area contributed by atoms with Crippen molar-refractivity contribution in [3.8, 4) is 5.75 Å². The van der Waals surface area contributed by atoms with Crippen LogP contribution in [0, 0.1) is 0 Å². The zero-order chi connectivity index (χ0) is 9.14. The van der Waals surface area contributed by atoms with Gasteiger partial charge in [0, 0.05) is 17.4 Å². The molecule has 0 aliphatic carbocycles. The van der Waals surface area contributed by atoms with Crippen LogP contribution in [0.1, 0.15) is 10.4 Å². The van der Waals surface area contributed by atoms with Crippen molar-refractivity contribution in [1.82, 2.24) is 0 Å². The van der Waals surface area contributed by atoms with Gasteiger partial charge in [-0.1, -0.05) is 6.07 Å². The fourth-order valence-electron chi connectivity index (χ4n) is 0.756. The van der Waals surface area contributed by atoms with Crippen LogP contribution in [0.25, 0.3) is 0 Å². The van der Waals surface area contributed by atoms with E-state index in [1.54, 1.807) is 12.1 Å². The molecule has 0 aliphatic rings. The number of rotatable bonds is 2. The first-order valence-electron chi connectivity index (χ1n) is 2.97. The van der Waals surface area contributed by atoms with Gasteiger partial charge in [0.2, 0.25) is 0 Å². The van der Waals surface area contributed by atoms with E-state index in [4.69, 9.17) is 8.93 Å². The average Bonchev–Trinajstić information content (AvgIpc) is 2.03. The Morgan fingerprint density at radius 2 is 2.08 bits per heavy atom. The number of aromatic carboxylic acids is 1. The lowest BCUT2D eigenvalue weighted by molar-refractivity contribution is 0.0695. The first-order valence-corrected chi connectivity index (χ1v) is 4.41. The molecule has 0 unspecified atom stereocenters. The molecule has 13 heavy (non-hydrogen) atoms. The van der Waals surface area contributed by atoms with Gasteiger partial charge < -0.3 is 8.93 Å². The molecular formula is C7H4AlBr2O3. The number of hydrogen-bond acceptors (Lipinski definition) is 2. The predicted molar refractivity (Wildman–Crippen MR) is 56.4 cm³/mol. The first-order chi connectivity index (χ1) is 5.66. The van der Waals surface area contributed by atoms with E-state index in [0.717, 1.165) is 0 Å². The summed E-state index contributed by atoms with van der Waals surface area (Å²) in [7, 11) is 0. The van der Waals surface area contributed by atoms with Crippen LogP contribution in [0.15, 0.2) is 22.7 Å². The lowest BCUT2D eigenvalue weighted by Gasteiger charge is -2.03. The summed E-state index contributed by atoms with van der Waals surface area (Å²) in [5.41, 5.74) is 0.112. The molecule has 0 saturated carbocycles. The molecule has 0 fully saturated rings. The molecule has 3 nitrogen and oxygen atoms in total. The molecule has 0 atom stereocenters. The standard InChI is InChI=1S/C7H4Br2O3.Al/c8-5-3-1-2-4(7(10)11)6(5)12-9;/h1-3H,(H,10,11);. The lowest BCUT2D eigenvalue weighted by Crippen LogP contribution is -1.98. The summed E-state index contributed by atoms with van der Waals surface area (Å²) < 4.78 is 5.32. The van der Waals surface area contributed by atoms with E-state index < -0.39 is 5.97 Å². The monoisotopic (exact) mass is 321 g/mol. The summed E-state index contributed by atoms with van der Waals surface area (Å²) in [6.45, 7) is 0. The smallest absolute Gasteiger partial charge is 0.339 e. The number of carboxylic acids is 1. The van der Waals surface area contributed by atoms with Crippen molar-refractivity contribution in [1.29, 1.82) is 0 Å². The summed E-state index contributed by atoms with van der Waals surface area (Å²) in [6.07, 6.45) is 0. The second-order valence-corrected chi connectivity index (χ2v) is 3.18. The van der Waals surface area contributed by atoms with E-state index in [9.17, 15) is 4.79 Å². The molecule has 0 bridgehead atoms. The minimum Gasteiger partial charge on any atom is -0.478 e. The van der Waals surface area contributed by atoms with Crippen molar-refractivity contribution in [3.05, 3.63) is 28.2 Å². The highest BCUT2D eigenvalue weighted by atomic mass is 79.9. The fourth-order valence-corrected chi connectivity index (χ4v) is 1.77. The summed E-state index contributed by atoms with van der Waals surface area (Å²) in [4.78, 5) is 10.6. The summed E-state index contributed by atoms with van der Waals surface area (Å²) >= 11 is 5.89. The number of carboxylic acid groups (broad SMARTS) is 1. The van der Waals surface area contributed by atoms with Gasteiger partial charge >= 0.3 is 5.97 Å². The Bertz CT molecular complexity index is 317. The van der Waals surface area contributed by atoms with E-state index in [1.165, 1.54) is 6.07 Å². The van der Waals surface area contributed by atoms with E-state index in [0.29, 0.717) is 4.47 Å². The van der Waals surface area contributed by atoms with E-state index >= 15 is 0 Å². The van der Waals surface area contributed by atoms with Crippen molar-refractivity contribution in [2.75, 3.05) is 0 Å². The fraction of sp³-hybridized carbons (Fsp3) is 0. The van der Waals surface area contributed by atoms with Gasteiger partial charge in [-0.15, -0.1) is 0 Å². The molecular weight excluding hydrogens is 319 g/mol. The number of benzene rings is 1. The van der Waals surface area contributed by atoms with Crippen LogP contribution >= 0.6 is 32.2 Å². The second kappa shape index (κ2) is 5.66. The van der Waals surface area contributed by atoms with E-state index in [2.05, 4.69) is 32.2 Å². The van der Waals surface area contributed by atoms with Gasteiger partial charge in [-0.05, 0) is 28.1 Å². The molecule has 6 heteroatoms. The number of para-hydroxylation sites is 1. The first kappa shape index (κ1) is 13.0. The summed E-state index contributed by atoms with van der Waals surface area (Å²) in [6, 6.07) is 4.79. The van der Waals surface area contributed by atoms with Crippen LogP contribution in [0.5, 0.6) is 5.75 Å². The Kier molecular flexibility index (Phi) is 5.65. The van der Waals surface area contributed by atoms with Crippen LogP contribution in [0.2, 0.25) is 0 Å². The molecule has 1 aromatic rings. The molecule has 0 aromatic heterocycles. The van der Waals surface area contributed by atoms with Crippen molar-refractivity contribution in [2.45, 2.75) is 0 Å². The third-order valence-electron chi connectivity index (χ3n) is 1.27. The Morgan fingerprint density at radius 1 is 1.46 bits per heavy atom. The summed E-state index contributed by atoms with van der Waals surface area (Å²) in [5, 5.41) is 8.70. The van der Waals surface area contributed by atoms with Crippen LogP contribution in [-0.2, 0) is 0 Å². The molecule has 0 saturated heterocycles. The third kappa shape index (κ3) is 2.99. The highest BCUT2D eigenvalue weighted by Crippen LogP contribution is 2.30. The van der Waals surface area contributed by atoms with Crippen molar-refractivity contribution in [3.63, 3.8) is 0 Å².